The van der Waals surface area contributed by atoms with Crippen molar-refractivity contribution in [3.63, 3.8) is 0 Å². The lowest BCUT2D eigenvalue weighted by Crippen LogP contribution is -2.32. The largest absolute Gasteiger partial charge is 0.480 e. The molecule has 6 nitrogen and oxygen atoms in total. The first-order chi connectivity index (χ1) is 11.5. The summed E-state index contributed by atoms with van der Waals surface area (Å²) in [5, 5.41) is 12.7. The number of carboxylic acids is 1. The highest BCUT2D eigenvalue weighted by molar-refractivity contribution is 7.19. The highest BCUT2D eigenvalue weighted by atomic mass is 35.5. The van der Waals surface area contributed by atoms with Crippen molar-refractivity contribution in [2.75, 3.05) is 5.32 Å². The van der Waals surface area contributed by atoms with Gasteiger partial charge in [-0.3, -0.25) is 4.79 Å². The van der Waals surface area contributed by atoms with E-state index in [1.54, 1.807) is 12.3 Å². The van der Waals surface area contributed by atoms with E-state index in [0.29, 0.717) is 11.7 Å². The summed E-state index contributed by atoms with van der Waals surface area (Å²) >= 11 is 7.62. The van der Waals surface area contributed by atoms with Gasteiger partial charge in [0.15, 0.2) is 0 Å². The number of nitrogens with two attached hydrogens (primary N) is 1. The number of nitrogens with zero attached hydrogens (tertiary/aromatic N) is 1. The predicted molar refractivity (Wildman–Crippen MR) is 94.7 cm³/mol. The molecule has 0 amide bonds. The fourth-order valence-corrected chi connectivity index (χ4v) is 3.89. The summed E-state index contributed by atoms with van der Waals surface area (Å²) < 4.78 is 6.24. The summed E-state index contributed by atoms with van der Waals surface area (Å²) in [5.74, 6) is -0.216. The maximum atomic E-state index is 11.0. The Morgan fingerprint density at radius 1 is 1.58 bits per heavy atom. The molecule has 3 heterocycles. The standard InChI is InChI=1S/C16H16ClN3O3S/c1-8-12(5-10(18)16(21)22)24-15-11(6-13(17)20-14(8)15)19-7-9-3-2-4-23-9/h2-4,6,10H,5,7,18H2,1H3,(H,19,20)(H,21,22)/t10-/m1/s1. The second-order valence-electron chi connectivity index (χ2n) is 5.40. The van der Waals surface area contributed by atoms with Crippen LogP contribution in [0.1, 0.15) is 16.2 Å². The number of rotatable bonds is 6. The Labute approximate surface area is 147 Å². The molecule has 0 fully saturated rings. The fraction of sp³-hybridized carbons (Fsp3) is 0.250. The van der Waals surface area contributed by atoms with Gasteiger partial charge in [-0.25, -0.2) is 4.98 Å². The minimum Gasteiger partial charge on any atom is -0.480 e. The van der Waals surface area contributed by atoms with Crippen molar-refractivity contribution in [3.05, 3.63) is 45.8 Å². The average Bonchev–Trinajstić information content (AvgIpc) is 3.15. The first-order valence-electron chi connectivity index (χ1n) is 7.29. The van der Waals surface area contributed by atoms with Crippen LogP contribution in [-0.2, 0) is 17.8 Å². The van der Waals surface area contributed by atoms with Crippen molar-refractivity contribution in [1.29, 1.82) is 0 Å². The molecule has 3 aromatic rings. The molecule has 0 spiro atoms. The number of anilines is 1. The molecule has 24 heavy (non-hydrogen) atoms. The summed E-state index contributed by atoms with van der Waals surface area (Å²) in [6.07, 6.45) is 1.88. The Kier molecular flexibility index (Phi) is 4.75. The molecular weight excluding hydrogens is 350 g/mol. The molecule has 3 aromatic heterocycles. The number of halogens is 1. The molecule has 0 saturated carbocycles. The number of thiophene rings is 1. The maximum absolute atomic E-state index is 11.0. The molecule has 3 rings (SSSR count). The van der Waals surface area contributed by atoms with Crippen LogP contribution in [0, 0.1) is 6.92 Å². The Morgan fingerprint density at radius 3 is 3.04 bits per heavy atom. The Bertz CT molecular complexity index is 876. The molecule has 0 unspecified atom stereocenters. The van der Waals surface area contributed by atoms with Crippen molar-refractivity contribution >= 4 is 44.8 Å². The molecule has 0 bridgehead atoms. The van der Waals surface area contributed by atoms with Gasteiger partial charge in [-0.15, -0.1) is 11.3 Å². The number of furan rings is 1. The molecule has 0 radical (unpaired) electrons. The molecule has 0 aliphatic rings. The normalized spacial score (nSPS) is 12.5. The summed E-state index contributed by atoms with van der Waals surface area (Å²) in [6, 6.07) is 4.52. The van der Waals surface area contributed by atoms with E-state index in [1.165, 1.54) is 11.3 Å². The van der Waals surface area contributed by atoms with E-state index in [0.717, 1.165) is 32.1 Å². The van der Waals surface area contributed by atoms with E-state index >= 15 is 0 Å². The van der Waals surface area contributed by atoms with Crippen LogP contribution >= 0.6 is 22.9 Å². The van der Waals surface area contributed by atoms with Crippen molar-refractivity contribution in [2.24, 2.45) is 5.73 Å². The Balaban J connectivity index is 1.95. The number of aromatic nitrogens is 1. The first-order valence-corrected chi connectivity index (χ1v) is 8.48. The van der Waals surface area contributed by atoms with Crippen molar-refractivity contribution < 1.29 is 14.3 Å². The molecule has 0 aliphatic carbocycles. The third-order valence-corrected chi connectivity index (χ3v) is 5.23. The van der Waals surface area contributed by atoms with Crippen LogP contribution in [0.2, 0.25) is 5.15 Å². The predicted octanol–water partition coefficient (Wildman–Crippen LogP) is 3.42. The second kappa shape index (κ2) is 6.80. The monoisotopic (exact) mass is 365 g/mol. The number of aryl methyl sites for hydroxylation is 1. The Hall–Kier alpha value is -2.09. The zero-order chi connectivity index (χ0) is 17.3. The quantitative estimate of drug-likeness (QED) is 0.578. The number of nitrogens with one attached hydrogen (secondary N) is 1. The Morgan fingerprint density at radius 2 is 2.38 bits per heavy atom. The maximum Gasteiger partial charge on any atom is 0.320 e. The van der Waals surface area contributed by atoms with Gasteiger partial charge in [0.2, 0.25) is 0 Å². The average molecular weight is 366 g/mol. The van der Waals surface area contributed by atoms with Crippen LogP contribution < -0.4 is 11.1 Å². The van der Waals surface area contributed by atoms with Gasteiger partial charge in [-0.05, 0) is 24.6 Å². The van der Waals surface area contributed by atoms with E-state index in [1.807, 2.05) is 19.1 Å². The second-order valence-corrected chi connectivity index (χ2v) is 6.89. The van der Waals surface area contributed by atoms with Crippen LogP contribution in [-0.4, -0.2) is 22.1 Å². The van der Waals surface area contributed by atoms with Gasteiger partial charge in [0.05, 0.1) is 28.7 Å². The minimum absolute atomic E-state index is 0.261. The van der Waals surface area contributed by atoms with Gasteiger partial charge in [-0.2, -0.15) is 0 Å². The summed E-state index contributed by atoms with van der Waals surface area (Å²) in [5.41, 5.74) is 8.18. The zero-order valence-electron chi connectivity index (χ0n) is 12.9. The molecule has 0 aliphatic heterocycles. The van der Waals surface area contributed by atoms with Crippen molar-refractivity contribution in [1.82, 2.24) is 4.98 Å². The van der Waals surface area contributed by atoms with E-state index in [4.69, 9.17) is 26.9 Å². The van der Waals surface area contributed by atoms with E-state index < -0.39 is 12.0 Å². The molecule has 1 atom stereocenters. The van der Waals surface area contributed by atoms with Gasteiger partial charge in [0, 0.05) is 17.4 Å². The molecular formula is C16H16ClN3O3S. The van der Waals surface area contributed by atoms with Crippen LogP contribution in [0.5, 0.6) is 0 Å². The third-order valence-electron chi connectivity index (χ3n) is 3.70. The van der Waals surface area contributed by atoms with E-state index in [2.05, 4.69) is 10.3 Å². The van der Waals surface area contributed by atoms with Gasteiger partial charge in [0.1, 0.15) is 17.0 Å². The topological polar surface area (TPSA) is 101 Å². The highest BCUT2D eigenvalue weighted by Gasteiger charge is 2.19. The number of fused-ring (bicyclic) bond motifs is 1. The van der Waals surface area contributed by atoms with Gasteiger partial charge < -0.3 is 20.6 Å². The number of carboxylic acid groups (broad SMARTS) is 1. The van der Waals surface area contributed by atoms with E-state index in [9.17, 15) is 4.79 Å². The summed E-state index contributed by atoms with van der Waals surface area (Å²) in [4.78, 5) is 16.3. The third kappa shape index (κ3) is 3.38. The SMILES string of the molecule is Cc1c(C[C@@H](N)C(=O)O)sc2c(NCc3ccco3)cc(Cl)nc12. The molecule has 126 valence electrons. The minimum atomic E-state index is -1.02. The first kappa shape index (κ1) is 16.8. The molecule has 0 aromatic carbocycles. The summed E-state index contributed by atoms with van der Waals surface area (Å²) in [6.45, 7) is 2.42. The van der Waals surface area contributed by atoms with Crippen molar-refractivity contribution in [2.45, 2.75) is 25.9 Å². The number of pyridine rings is 1. The highest BCUT2D eigenvalue weighted by Crippen LogP contribution is 2.37. The number of hydrogen-bond acceptors (Lipinski definition) is 6. The van der Waals surface area contributed by atoms with Gasteiger partial charge >= 0.3 is 5.97 Å². The molecule has 8 heteroatoms. The van der Waals surface area contributed by atoms with Gasteiger partial charge in [0.25, 0.3) is 0 Å². The van der Waals surface area contributed by atoms with Crippen LogP contribution in [0.25, 0.3) is 10.2 Å². The summed E-state index contributed by atoms with van der Waals surface area (Å²) in [7, 11) is 0. The van der Waals surface area contributed by atoms with Crippen LogP contribution in [0.3, 0.4) is 0 Å². The van der Waals surface area contributed by atoms with Crippen LogP contribution in [0.15, 0.2) is 28.9 Å². The lowest BCUT2D eigenvalue weighted by molar-refractivity contribution is -0.138. The van der Waals surface area contributed by atoms with Gasteiger partial charge in [-0.1, -0.05) is 11.6 Å². The van der Waals surface area contributed by atoms with Crippen LogP contribution in [0.4, 0.5) is 5.69 Å². The number of hydrogen-bond donors (Lipinski definition) is 3. The van der Waals surface area contributed by atoms with E-state index in [-0.39, 0.29) is 6.42 Å². The number of aliphatic carboxylic acids is 1. The molecule has 4 N–H and O–H groups in total. The van der Waals surface area contributed by atoms with Crippen molar-refractivity contribution in [3.8, 4) is 0 Å². The zero-order valence-corrected chi connectivity index (χ0v) is 14.4. The lowest BCUT2D eigenvalue weighted by Gasteiger charge is -2.06. The molecule has 0 saturated heterocycles. The fourth-order valence-electron chi connectivity index (χ4n) is 2.40. The number of carbonyl (C=O) groups is 1. The smallest absolute Gasteiger partial charge is 0.320 e. The lowest BCUT2D eigenvalue weighted by atomic mass is 10.1.